The molecule has 0 N–H and O–H groups in total. The number of benzene rings is 1. The Bertz CT molecular complexity index is 296. The topological polar surface area (TPSA) is 0 Å². The van der Waals surface area contributed by atoms with E-state index in [9.17, 15) is 0 Å². The van der Waals surface area contributed by atoms with Gasteiger partial charge in [0.05, 0.1) is 0 Å². The van der Waals surface area contributed by atoms with E-state index < -0.39 is 0 Å². The van der Waals surface area contributed by atoms with Gasteiger partial charge in [0.1, 0.15) is 0 Å². The second kappa shape index (κ2) is 5.13. The van der Waals surface area contributed by atoms with Gasteiger partial charge in [0.2, 0.25) is 0 Å². The molecule has 0 unspecified atom stereocenters. The van der Waals surface area contributed by atoms with Crippen LogP contribution in [0, 0.1) is 0 Å². The van der Waals surface area contributed by atoms with Crippen LogP contribution in [0.25, 0.3) is 0 Å². The molecule has 0 aliphatic heterocycles. The molecule has 0 heterocycles. The first-order valence-corrected chi connectivity index (χ1v) is 5.71. The average Bonchev–Trinajstić information content (AvgIpc) is 2.15. The summed E-state index contributed by atoms with van der Waals surface area (Å²) in [5.74, 6) is 0. The normalized spacial score (nSPS) is 9.77. The van der Waals surface area contributed by atoms with Crippen molar-refractivity contribution in [2.45, 2.75) is 25.2 Å². The first-order chi connectivity index (χ1) is 6.22. The van der Waals surface area contributed by atoms with E-state index in [0.717, 1.165) is 6.42 Å². The van der Waals surface area contributed by atoms with Gasteiger partial charge in [0.15, 0.2) is 0 Å². The standard InChI is InChI=1S/C12H16S/c1-10(2)7-8-11-5-4-6-12(9-11)13-3/h4-7,9H,8H2,1-3H3. The van der Waals surface area contributed by atoms with Crippen molar-refractivity contribution in [2.24, 2.45) is 0 Å². The van der Waals surface area contributed by atoms with Crippen LogP contribution in [0.5, 0.6) is 0 Å². The maximum absolute atomic E-state index is 2.26. The third-order valence-electron chi connectivity index (χ3n) is 1.88. The first-order valence-electron chi connectivity index (χ1n) is 4.48. The fourth-order valence-corrected chi connectivity index (χ4v) is 1.61. The number of thioether (sulfide) groups is 1. The second-order valence-corrected chi connectivity index (χ2v) is 4.22. The molecule has 0 fully saturated rings. The summed E-state index contributed by atoms with van der Waals surface area (Å²) >= 11 is 1.80. The lowest BCUT2D eigenvalue weighted by Gasteiger charge is -2.00. The van der Waals surface area contributed by atoms with Gasteiger partial charge in [-0.25, -0.2) is 0 Å². The Hall–Kier alpha value is -0.690. The molecule has 0 aliphatic carbocycles. The highest BCUT2D eigenvalue weighted by molar-refractivity contribution is 7.98. The molecule has 1 heteroatoms. The summed E-state index contributed by atoms with van der Waals surface area (Å²) in [5, 5.41) is 0. The van der Waals surface area contributed by atoms with Gasteiger partial charge in [-0.2, -0.15) is 0 Å². The van der Waals surface area contributed by atoms with Crippen LogP contribution >= 0.6 is 11.8 Å². The molecule has 0 spiro atoms. The summed E-state index contributed by atoms with van der Waals surface area (Å²) in [6.07, 6.45) is 5.43. The van der Waals surface area contributed by atoms with Gasteiger partial charge in [0.25, 0.3) is 0 Å². The van der Waals surface area contributed by atoms with Crippen molar-refractivity contribution >= 4 is 11.8 Å². The smallest absolute Gasteiger partial charge is 0.00719 e. The lowest BCUT2D eigenvalue weighted by Crippen LogP contribution is -1.82. The van der Waals surface area contributed by atoms with Gasteiger partial charge in [-0.3, -0.25) is 0 Å². The maximum atomic E-state index is 2.26. The van der Waals surface area contributed by atoms with Crippen LogP contribution in [-0.4, -0.2) is 6.26 Å². The second-order valence-electron chi connectivity index (χ2n) is 3.34. The van der Waals surface area contributed by atoms with Gasteiger partial charge < -0.3 is 0 Å². The fraction of sp³-hybridized carbons (Fsp3) is 0.333. The van der Waals surface area contributed by atoms with Crippen LogP contribution in [0.2, 0.25) is 0 Å². The molecule has 13 heavy (non-hydrogen) atoms. The molecule has 0 saturated heterocycles. The minimum absolute atomic E-state index is 1.05. The molecule has 0 radical (unpaired) electrons. The minimum atomic E-state index is 1.05. The van der Waals surface area contributed by atoms with Crippen molar-refractivity contribution in [1.82, 2.24) is 0 Å². The molecule has 1 aromatic carbocycles. The van der Waals surface area contributed by atoms with E-state index in [-0.39, 0.29) is 0 Å². The SMILES string of the molecule is CSc1cccc(CC=C(C)C)c1. The van der Waals surface area contributed by atoms with E-state index >= 15 is 0 Å². The molecular weight excluding hydrogens is 176 g/mol. The maximum Gasteiger partial charge on any atom is 0.00719 e. The van der Waals surface area contributed by atoms with Gasteiger partial charge in [-0.15, -0.1) is 11.8 Å². The fourth-order valence-electron chi connectivity index (χ4n) is 1.12. The third kappa shape index (κ3) is 3.69. The Morgan fingerprint density at radius 1 is 1.38 bits per heavy atom. The zero-order valence-corrected chi connectivity index (χ0v) is 9.32. The van der Waals surface area contributed by atoms with Crippen molar-refractivity contribution in [1.29, 1.82) is 0 Å². The Morgan fingerprint density at radius 2 is 2.15 bits per heavy atom. The van der Waals surface area contributed by atoms with E-state index in [2.05, 4.69) is 50.4 Å². The molecule has 0 amide bonds. The highest BCUT2D eigenvalue weighted by atomic mass is 32.2. The number of allylic oxidation sites excluding steroid dienone is 2. The molecule has 0 aromatic heterocycles. The number of hydrogen-bond acceptors (Lipinski definition) is 1. The number of rotatable bonds is 3. The van der Waals surface area contributed by atoms with E-state index in [1.807, 2.05) is 0 Å². The predicted molar refractivity (Wildman–Crippen MR) is 61.4 cm³/mol. The van der Waals surface area contributed by atoms with Crippen LogP contribution in [-0.2, 0) is 6.42 Å². The molecule has 0 saturated carbocycles. The highest BCUT2D eigenvalue weighted by Crippen LogP contribution is 2.16. The summed E-state index contributed by atoms with van der Waals surface area (Å²) < 4.78 is 0. The van der Waals surface area contributed by atoms with Crippen LogP contribution < -0.4 is 0 Å². The molecule has 1 aromatic rings. The zero-order valence-electron chi connectivity index (χ0n) is 8.50. The van der Waals surface area contributed by atoms with E-state index in [1.165, 1.54) is 16.0 Å². The van der Waals surface area contributed by atoms with Crippen molar-refractivity contribution in [3.05, 3.63) is 41.5 Å². The van der Waals surface area contributed by atoms with Gasteiger partial charge >= 0.3 is 0 Å². The van der Waals surface area contributed by atoms with Crippen molar-refractivity contribution in [3.63, 3.8) is 0 Å². The van der Waals surface area contributed by atoms with Crippen molar-refractivity contribution < 1.29 is 0 Å². The molecule has 0 bridgehead atoms. The molecule has 0 aliphatic rings. The van der Waals surface area contributed by atoms with Gasteiger partial charge in [0, 0.05) is 4.90 Å². The van der Waals surface area contributed by atoms with E-state index in [0.29, 0.717) is 0 Å². The molecule has 0 atom stereocenters. The predicted octanol–water partition coefficient (Wildman–Crippen LogP) is 3.92. The van der Waals surface area contributed by atoms with Crippen molar-refractivity contribution in [2.75, 3.05) is 6.26 Å². The molecular formula is C12H16S. The highest BCUT2D eigenvalue weighted by Gasteiger charge is 1.92. The largest absolute Gasteiger partial charge is 0.130 e. The summed E-state index contributed by atoms with van der Waals surface area (Å²) in [5.41, 5.74) is 2.78. The Morgan fingerprint density at radius 3 is 2.77 bits per heavy atom. The van der Waals surface area contributed by atoms with Gasteiger partial charge in [-0.1, -0.05) is 23.8 Å². The monoisotopic (exact) mass is 192 g/mol. The quantitative estimate of drug-likeness (QED) is 0.516. The summed E-state index contributed by atoms with van der Waals surface area (Å²) in [7, 11) is 0. The van der Waals surface area contributed by atoms with E-state index in [4.69, 9.17) is 0 Å². The Balaban J connectivity index is 2.72. The summed E-state index contributed by atoms with van der Waals surface area (Å²) in [4.78, 5) is 1.35. The van der Waals surface area contributed by atoms with Crippen molar-refractivity contribution in [3.8, 4) is 0 Å². The van der Waals surface area contributed by atoms with Gasteiger partial charge in [-0.05, 0) is 44.2 Å². The van der Waals surface area contributed by atoms with Crippen LogP contribution in [0.15, 0.2) is 40.8 Å². The van der Waals surface area contributed by atoms with Crippen LogP contribution in [0.4, 0.5) is 0 Å². The zero-order chi connectivity index (χ0) is 9.68. The average molecular weight is 192 g/mol. The summed E-state index contributed by atoms with van der Waals surface area (Å²) in [6, 6.07) is 8.71. The van der Waals surface area contributed by atoms with Crippen LogP contribution in [0.3, 0.4) is 0 Å². The molecule has 70 valence electrons. The van der Waals surface area contributed by atoms with Crippen LogP contribution in [0.1, 0.15) is 19.4 Å². The third-order valence-corrected chi connectivity index (χ3v) is 2.61. The lowest BCUT2D eigenvalue weighted by molar-refractivity contribution is 1.19. The summed E-state index contributed by atoms with van der Waals surface area (Å²) in [6.45, 7) is 4.27. The lowest BCUT2D eigenvalue weighted by atomic mass is 10.1. The molecule has 1 rings (SSSR count). The Labute approximate surface area is 85.1 Å². The number of hydrogen-bond donors (Lipinski definition) is 0. The first kappa shape index (κ1) is 10.4. The Kier molecular flexibility index (Phi) is 4.10. The minimum Gasteiger partial charge on any atom is -0.130 e. The van der Waals surface area contributed by atoms with E-state index in [1.54, 1.807) is 11.8 Å². The molecule has 0 nitrogen and oxygen atoms in total.